The molecule has 14 nitrogen and oxygen atoms in total. The molecule has 2 heterocycles. The van der Waals surface area contributed by atoms with Crippen LogP contribution < -0.4 is 10.2 Å². The molecular weight excluding hydrogens is 584 g/mol. The molecule has 0 spiro atoms. The van der Waals surface area contributed by atoms with Gasteiger partial charge in [-0.3, -0.25) is 4.79 Å². The maximum atomic E-state index is 13.6. The minimum Gasteiger partial charge on any atom is -0.508 e. The van der Waals surface area contributed by atoms with E-state index in [4.69, 9.17) is 18.6 Å². The van der Waals surface area contributed by atoms with Crippen molar-refractivity contribution in [2.24, 2.45) is 0 Å². The number of fused-ring (bicyclic) bond motifs is 1. The summed E-state index contributed by atoms with van der Waals surface area (Å²) in [5, 5.41) is 80.6. The van der Waals surface area contributed by atoms with E-state index in [1.54, 1.807) is 0 Å². The summed E-state index contributed by atoms with van der Waals surface area (Å²) in [5.74, 6) is -4.29. The van der Waals surface area contributed by atoms with Crippen molar-refractivity contribution in [1.29, 1.82) is 0 Å². The van der Waals surface area contributed by atoms with Crippen LogP contribution in [0.4, 0.5) is 0 Å². The number of aliphatic hydroxyl groups is 3. The van der Waals surface area contributed by atoms with Crippen molar-refractivity contribution < 1.29 is 64.3 Å². The lowest BCUT2D eigenvalue weighted by atomic mass is 9.99. The van der Waals surface area contributed by atoms with E-state index < -0.39 is 88.6 Å². The molecule has 0 bridgehead atoms. The van der Waals surface area contributed by atoms with Crippen LogP contribution in [0.5, 0.6) is 34.5 Å². The number of aliphatic hydroxyl groups excluding tert-OH is 3. The summed E-state index contributed by atoms with van der Waals surface area (Å²) in [7, 11) is 0. The molecule has 8 N–H and O–H groups in total. The highest BCUT2D eigenvalue weighted by Crippen LogP contribution is 2.39. The van der Waals surface area contributed by atoms with Gasteiger partial charge in [0.25, 0.3) is 0 Å². The molecule has 3 aromatic carbocycles. The molecule has 0 aliphatic carbocycles. The predicted molar refractivity (Wildman–Crippen MR) is 150 cm³/mol. The first-order valence-electron chi connectivity index (χ1n) is 13.0. The van der Waals surface area contributed by atoms with Gasteiger partial charge in [0.15, 0.2) is 29.5 Å². The molecule has 5 unspecified atom stereocenters. The maximum Gasteiger partial charge on any atom is 0.331 e. The van der Waals surface area contributed by atoms with Gasteiger partial charge in [-0.2, -0.15) is 0 Å². The SMILES string of the molecule is O=C(C=Cc1ccc(O)cc1)OC1C(O)C(CO)OC(Oc2c(-c3ccc(O)c(O)c3)oc3cc(O)cc(O)c3c2=O)C1O. The van der Waals surface area contributed by atoms with Gasteiger partial charge in [0, 0.05) is 23.8 Å². The minimum absolute atomic E-state index is 0.0124. The Kier molecular flexibility index (Phi) is 8.33. The lowest BCUT2D eigenvalue weighted by molar-refractivity contribution is -0.280. The second kappa shape index (κ2) is 12.1. The fraction of sp³-hybridized carbons (Fsp3) is 0.200. The van der Waals surface area contributed by atoms with Crippen LogP contribution in [0.1, 0.15) is 5.56 Å². The van der Waals surface area contributed by atoms with Crippen LogP contribution in [0, 0.1) is 0 Å². The van der Waals surface area contributed by atoms with E-state index >= 15 is 0 Å². The van der Waals surface area contributed by atoms with Gasteiger partial charge < -0.3 is 59.5 Å². The van der Waals surface area contributed by atoms with Gasteiger partial charge in [0.05, 0.1) is 6.61 Å². The molecule has 5 atom stereocenters. The van der Waals surface area contributed by atoms with Crippen molar-refractivity contribution in [3.05, 3.63) is 76.5 Å². The molecule has 0 radical (unpaired) electrons. The summed E-state index contributed by atoms with van der Waals surface area (Å²) in [5.41, 5.74) is -0.805. The number of carbonyl (C=O) groups excluding carboxylic acids is 1. The Morgan fingerprint density at radius 2 is 1.59 bits per heavy atom. The van der Waals surface area contributed by atoms with Gasteiger partial charge in [0.1, 0.15) is 40.4 Å². The number of phenols is 5. The zero-order valence-corrected chi connectivity index (χ0v) is 22.5. The number of ether oxygens (including phenoxy) is 3. The highest BCUT2D eigenvalue weighted by atomic mass is 16.7. The van der Waals surface area contributed by atoms with Gasteiger partial charge >= 0.3 is 5.97 Å². The molecule has 4 aromatic rings. The van der Waals surface area contributed by atoms with Crippen molar-refractivity contribution in [2.45, 2.75) is 30.7 Å². The van der Waals surface area contributed by atoms with Crippen LogP contribution in [0.3, 0.4) is 0 Å². The molecule has 1 aliphatic rings. The first-order valence-corrected chi connectivity index (χ1v) is 13.0. The molecule has 44 heavy (non-hydrogen) atoms. The number of esters is 1. The Morgan fingerprint density at radius 1 is 0.864 bits per heavy atom. The molecular formula is C30H26O14. The summed E-state index contributed by atoms with van der Waals surface area (Å²) < 4.78 is 22.2. The molecule has 0 amide bonds. The van der Waals surface area contributed by atoms with E-state index in [0.29, 0.717) is 5.56 Å². The van der Waals surface area contributed by atoms with E-state index in [-0.39, 0.29) is 16.9 Å². The third-order valence-corrected chi connectivity index (χ3v) is 6.77. The van der Waals surface area contributed by atoms with Crippen molar-refractivity contribution in [3.63, 3.8) is 0 Å². The Hall–Kier alpha value is -5.28. The maximum absolute atomic E-state index is 13.6. The second-order valence-corrected chi connectivity index (χ2v) is 9.78. The van der Waals surface area contributed by atoms with Crippen LogP contribution in [0.15, 0.2) is 69.9 Å². The zero-order valence-electron chi connectivity index (χ0n) is 22.5. The Balaban J connectivity index is 1.51. The second-order valence-electron chi connectivity index (χ2n) is 9.78. The molecule has 1 aromatic heterocycles. The van der Waals surface area contributed by atoms with E-state index in [2.05, 4.69) is 0 Å². The van der Waals surface area contributed by atoms with Crippen LogP contribution in [0.2, 0.25) is 0 Å². The molecule has 1 saturated heterocycles. The lowest BCUT2D eigenvalue weighted by Crippen LogP contribution is -2.61. The van der Waals surface area contributed by atoms with E-state index in [1.807, 2.05) is 0 Å². The number of carbonyl (C=O) groups is 1. The van der Waals surface area contributed by atoms with Crippen LogP contribution >= 0.6 is 0 Å². The Bertz CT molecular complexity index is 1780. The number of rotatable bonds is 7. The van der Waals surface area contributed by atoms with Gasteiger partial charge in [-0.1, -0.05) is 12.1 Å². The van der Waals surface area contributed by atoms with E-state index in [9.17, 15) is 50.4 Å². The largest absolute Gasteiger partial charge is 0.508 e. The van der Waals surface area contributed by atoms with Gasteiger partial charge in [-0.25, -0.2) is 4.79 Å². The van der Waals surface area contributed by atoms with Gasteiger partial charge in [-0.05, 0) is 42.0 Å². The average Bonchev–Trinajstić information content (AvgIpc) is 2.98. The minimum atomic E-state index is -1.96. The van der Waals surface area contributed by atoms with E-state index in [0.717, 1.165) is 30.3 Å². The molecule has 5 rings (SSSR count). The van der Waals surface area contributed by atoms with Crippen molar-refractivity contribution in [3.8, 4) is 45.8 Å². The summed E-state index contributed by atoms with van der Waals surface area (Å²) in [6.45, 7) is -0.823. The summed E-state index contributed by atoms with van der Waals surface area (Å²) in [6, 6.07) is 11.1. The monoisotopic (exact) mass is 610 g/mol. The standard InChI is InChI=1S/C30H26O14/c31-12-21-24(38)28(43-22(37)8-3-13-1-5-15(32)6-2-13)26(40)30(42-21)44-29-25(39)23-19(36)10-16(33)11-20(23)41-27(29)14-4-7-17(34)18(35)9-14/h1-11,21,24,26,28,30-36,38,40H,12H2. The number of aromatic hydroxyl groups is 5. The highest BCUT2D eigenvalue weighted by Gasteiger charge is 2.48. The summed E-state index contributed by atoms with van der Waals surface area (Å²) in [6.07, 6.45) is -6.43. The van der Waals surface area contributed by atoms with Crippen LogP contribution in [-0.2, 0) is 14.3 Å². The molecule has 0 saturated carbocycles. The normalized spacial score (nSPS) is 21.8. The van der Waals surface area contributed by atoms with Crippen LogP contribution in [-0.4, -0.2) is 84.1 Å². The molecule has 1 fully saturated rings. The van der Waals surface area contributed by atoms with Crippen molar-refractivity contribution in [1.82, 2.24) is 0 Å². The zero-order chi connectivity index (χ0) is 31.7. The van der Waals surface area contributed by atoms with Crippen LogP contribution in [0.25, 0.3) is 28.4 Å². The van der Waals surface area contributed by atoms with Gasteiger partial charge in [-0.15, -0.1) is 0 Å². The number of hydrogen-bond donors (Lipinski definition) is 8. The third kappa shape index (κ3) is 5.95. The number of benzene rings is 3. The lowest BCUT2D eigenvalue weighted by Gasteiger charge is -2.41. The van der Waals surface area contributed by atoms with Crippen molar-refractivity contribution in [2.75, 3.05) is 6.61 Å². The quantitative estimate of drug-likeness (QED) is 0.0840. The van der Waals surface area contributed by atoms with Gasteiger partial charge in [0.2, 0.25) is 17.5 Å². The number of hydrogen-bond acceptors (Lipinski definition) is 14. The molecule has 1 aliphatic heterocycles. The smallest absolute Gasteiger partial charge is 0.331 e. The fourth-order valence-electron chi connectivity index (χ4n) is 4.56. The fourth-order valence-corrected chi connectivity index (χ4v) is 4.56. The predicted octanol–water partition coefficient (Wildman–Crippen LogP) is 1.43. The molecule has 14 heteroatoms. The topological polar surface area (TPSA) is 237 Å². The average molecular weight is 611 g/mol. The first kappa shape index (κ1) is 30.2. The highest BCUT2D eigenvalue weighted by molar-refractivity contribution is 5.88. The summed E-state index contributed by atoms with van der Waals surface area (Å²) in [4.78, 5) is 26.2. The van der Waals surface area contributed by atoms with E-state index in [1.165, 1.54) is 36.4 Å². The summed E-state index contributed by atoms with van der Waals surface area (Å²) >= 11 is 0. The first-order chi connectivity index (χ1) is 21.0. The third-order valence-electron chi connectivity index (χ3n) is 6.77. The van der Waals surface area contributed by atoms with Crippen molar-refractivity contribution >= 4 is 23.0 Å². The Labute approximate surface area is 247 Å². The Morgan fingerprint density at radius 3 is 2.27 bits per heavy atom. The molecule has 230 valence electrons. The number of phenolic OH excluding ortho intramolecular Hbond substituents is 5.